The number of aryl methyl sites for hydroxylation is 1. The molecule has 134 valence electrons. The summed E-state index contributed by atoms with van der Waals surface area (Å²) >= 11 is 0. The van der Waals surface area contributed by atoms with Gasteiger partial charge in [0.2, 0.25) is 5.91 Å². The lowest BCUT2D eigenvalue weighted by atomic mass is 10.1. The van der Waals surface area contributed by atoms with E-state index in [9.17, 15) is 9.90 Å². The molecule has 1 amide bonds. The van der Waals surface area contributed by atoms with Crippen LogP contribution in [-0.4, -0.2) is 42.7 Å². The Morgan fingerprint density at radius 3 is 3.04 bits per heavy atom. The fraction of sp³-hybridized carbons (Fsp3) is 0.333. The van der Waals surface area contributed by atoms with E-state index >= 15 is 0 Å². The molecule has 3 aromatic rings. The summed E-state index contributed by atoms with van der Waals surface area (Å²) in [5, 5.41) is 16.8. The van der Waals surface area contributed by atoms with Gasteiger partial charge in [-0.1, -0.05) is 28.5 Å². The fourth-order valence-electron chi connectivity index (χ4n) is 3.13. The summed E-state index contributed by atoms with van der Waals surface area (Å²) in [6.45, 7) is 2.88. The normalized spacial score (nSPS) is 13.7. The number of amides is 1. The number of carbonyl (C=O) groups is 1. The number of imidazole rings is 1. The van der Waals surface area contributed by atoms with Gasteiger partial charge >= 0.3 is 0 Å². The van der Waals surface area contributed by atoms with Gasteiger partial charge in [-0.15, -0.1) is 0 Å². The highest BCUT2D eigenvalue weighted by molar-refractivity contribution is 5.78. The van der Waals surface area contributed by atoms with Crippen molar-refractivity contribution in [3.8, 4) is 11.4 Å². The van der Waals surface area contributed by atoms with Crippen LogP contribution < -0.4 is 0 Å². The number of aromatic nitrogens is 4. The van der Waals surface area contributed by atoms with Crippen molar-refractivity contribution < 1.29 is 14.5 Å². The van der Waals surface area contributed by atoms with Crippen LogP contribution in [0.2, 0.25) is 0 Å². The molecular formula is C18H19N5O3. The molecule has 0 radical (unpaired) electrons. The number of hydrogen-bond donors (Lipinski definition) is 2. The second-order valence-corrected chi connectivity index (χ2v) is 6.41. The number of H-pyrrole nitrogens is 1. The zero-order valence-corrected chi connectivity index (χ0v) is 14.4. The van der Waals surface area contributed by atoms with Crippen molar-refractivity contribution in [2.45, 2.75) is 32.9 Å². The second kappa shape index (κ2) is 6.72. The molecule has 1 aliphatic heterocycles. The highest BCUT2D eigenvalue weighted by Crippen LogP contribution is 2.24. The number of rotatable bonds is 4. The van der Waals surface area contributed by atoms with Gasteiger partial charge in [-0.05, 0) is 18.6 Å². The predicted octanol–water partition coefficient (Wildman–Crippen LogP) is 1.39. The quantitative estimate of drug-likeness (QED) is 0.734. The molecule has 8 nitrogen and oxygen atoms in total. The molecule has 2 aromatic heterocycles. The summed E-state index contributed by atoms with van der Waals surface area (Å²) in [7, 11) is 0. The average molecular weight is 353 g/mol. The summed E-state index contributed by atoms with van der Waals surface area (Å²) < 4.78 is 4.66. The third-order valence-electron chi connectivity index (χ3n) is 4.63. The SMILES string of the molecule is Cc1nonc1CC(=O)N1CCc2nc(-c3cccc(CO)c3)[nH]c2C1. The van der Waals surface area contributed by atoms with Crippen LogP contribution in [0.1, 0.15) is 28.3 Å². The molecule has 0 aliphatic carbocycles. The number of hydrogen-bond acceptors (Lipinski definition) is 6. The minimum atomic E-state index is -0.00708. The van der Waals surface area contributed by atoms with Gasteiger partial charge in [0.05, 0.1) is 31.0 Å². The first kappa shape index (κ1) is 16.5. The van der Waals surface area contributed by atoms with Crippen LogP contribution in [0.3, 0.4) is 0 Å². The molecule has 0 bridgehead atoms. The Morgan fingerprint density at radius 2 is 2.27 bits per heavy atom. The molecule has 0 atom stereocenters. The monoisotopic (exact) mass is 353 g/mol. The Labute approximate surface area is 149 Å². The van der Waals surface area contributed by atoms with E-state index in [0.717, 1.165) is 28.3 Å². The molecule has 8 heteroatoms. The zero-order chi connectivity index (χ0) is 18.1. The van der Waals surface area contributed by atoms with Gasteiger partial charge in [0.25, 0.3) is 0 Å². The maximum absolute atomic E-state index is 12.5. The van der Waals surface area contributed by atoms with Crippen molar-refractivity contribution in [3.05, 3.63) is 52.6 Å². The third kappa shape index (κ3) is 3.11. The lowest BCUT2D eigenvalue weighted by molar-refractivity contribution is -0.131. The van der Waals surface area contributed by atoms with E-state index in [1.54, 1.807) is 11.8 Å². The minimum Gasteiger partial charge on any atom is -0.392 e. The minimum absolute atomic E-state index is 0.00659. The lowest BCUT2D eigenvalue weighted by Gasteiger charge is -2.25. The van der Waals surface area contributed by atoms with Gasteiger partial charge in [-0.3, -0.25) is 4.79 Å². The van der Waals surface area contributed by atoms with Gasteiger partial charge in [0.1, 0.15) is 17.2 Å². The topological polar surface area (TPSA) is 108 Å². The fourth-order valence-corrected chi connectivity index (χ4v) is 3.13. The molecule has 26 heavy (non-hydrogen) atoms. The number of aliphatic hydroxyl groups is 1. The Hall–Kier alpha value is -3.00. The summed E-state index contributed by atoms with van der Waals surface area (Å²) in [4.78, 5) is 22.3. The average Bonchev–Trinajstić information content (AvgIpc) is 3.27. The number of nitrogens with one attached hydrogen (secondary N) is 1. The van der Waals surface area contributed by atoms with Crippen LogP contribution in [0.4, 0.5) is 0 Å². The molecule has 2 N–H and O–H groups in total. The maximum Gasteiger partial charge on any atom is 0.229 e. The number of fused-ring (bicyclic) bond motifs is 1. The standard InChI is InChI=1S/C18H19N5O3/c1-11-15(22-26-21-11)8-17(25)23-6-5-14-16(9-23)20-18(19-14)13-4-2-3-12(7-13)10-24/h2-4,7,24H,5-6,8-10H2,1H3,(H,19,20). The Morgan fingerprint density at radius 1 is 1.38 bits per heavy atom. The summed E-state index contributed by atoms with van der Waals surface area (Å²) in [6, 6.07) is 7.63. The van der Waals surface area contributed by atoms with Crippen molar-refractivity contribution in [2.24, 2.45) is 0 Å². The Kier molecular flexibility index (Phi) is 4.26. The van der Waals surface area contributed by atoms with E-state index in [1.807, 2.05) is 24.3 Å². The molecular weight excluding hydrogens is 334 g/mol. The first-order valence-electron chi connectivity index (χ1n) is 8.48. The Bertz CT molecular complexity index is 946. The van der Waals surface area contributed by atoms with E-state index < -0.39 is 0 Å². The van der Waals surface area contributed by atoms with Gasteiger partial charge in [0.15, 0.2) is 0 Å². The smallest absolute Gasteiger partial charge is 0.229 e. The molecule has 4 rings (SSSR count). The van der Waals surface area contributed by atoms with Gasteiger partial charge < -0.3 is 15.0 Å². The molecule has 1 aromatic carbocycles. The molecule has 0 spiro atoms. The first-order valence-corrected chi connectivity index (χ1v) is 8.48. The van der Waals surface area contributed by atoms with E-state index in [2.05, 4.69) is 24.9 Å². The van der Waals surface area contributed by atoms with Crippen molar-refractivity contribution in [1.29, 1.82) is 0 Å². The molecule has 3 heterocycles. The number of aromatic amines is 1. The van der Waals surface area contributed by atoms with Crippen molar-refractivity contribution in [2.75, 3.05) is 6.54 Å². The van der Waals surface area contributed by atoms with Gasteiger partial charge in [-0.2, -0.15) is 0 Å². The largest absolute Gasteiger partial charge is 0.392 e. The van der Waals surface area contributed by atoms with E-state index in [1.165, 1.54) is 0 Å². The Balaban J connectivity index is 1.51. The van der Waals surface area contributed by atoms with E-state index in [0.29, 0.717) is 30.9 Å². The third-order valence-corrected chi connectivity index (χ3v) is 4.63. The molecule has 0 fully saturated rings. The maximum atomic E-state index is 12.5. The number of nitrogens with zero attached hydrogens (tertiary/aromatic N) is 4. The second-order valence-electron chi connectivity index (χ2n) is 6.41. The molecule has 1 aliphatic rings. The molecule has 0 unspecified atom stereocenters. The zero-order valence-electron chi connectivity index (χ0n) is 14.4. The van der Waals surface area contributed by atoms with Crippen LogP contribution in [-0.2, 0) is 30.8 Å². The highest BCUT2D eigenvalue weighted by atomic mass is 16.6. The summed E-state index contributed by atoms with van der Waals surface area (Å²) in [5.41, 5.74) is 4.91. The summed E-state index contributed by atoms with van der Waals surface area (Å²) in [6.07, 6.45) is 0.886. The van der Waals surface area contributed by atoms with Crippen molar-refractivity contribution >= 4 is 5.91 Å². The number of aliphatic hydroxyl groups excluding tert-OH is 1. The van der Waals surface area contributed by atoms with Crippen LogP contribution in [0, 0.1) is 6.92 Å². The van der Waals surface area contributed by atoms with Crippen LogP contribution in [0.25, 0.3) is 11.4 Å². The molecule has 0 saturated heterocycles. The van der Waals surface area contributed by atoms with Crippen LogP contribution >= 0.6 is 0 Å². The van der Waals surface area contributed by atoms with Crippen LogP contribution in [0.5, 0.6) is 0 Å². The van der Waals surface area contributed by atoms with Gasteiger partial charge in [0, 0.05) is 18.5 Å². The number of benzene rings is 1. The summed E-state index contributed by atoms with van der Waals surface area (Å²) in [5.74, 6) is 0.754. The van der Waals surface area contributed by atoms with Crippen molar-refractivity contribution in [3.63, 3.8) is 0 Å². The highest BCUT2D eigenvalue weighted by Gasteiger charge is 2.25. The lowest BCUT2D eigenvalue weighted by Crippen LogP contribution is -2.37. The molecule has 0 saturated carbocycles. The van der Waals surface area contributed by atoms with Crippen molar-refractivity contribution in [1.82, 2.24) is 25.2 Å². The van der Waals surface area contributed by atoms with E-state index in [4.69, 9.17) is 0 Å². The van der Waals surface area contributed by atoms with Gasteiger partial charge in [-0.25, -0.2) is 9.61 Å². The first-order chi connectivity index (χ1) is 12.6. The van der Waals surface area contributed by atoms with Crippen LogP contribution in [0.15, 0.2) is 28.9 Å². The predicted molar refractivity (Wildman–Crippen MR) is 91.8 cm³/mol. The van der Waals surface area contributed by atoms with E-state index in [-0.39, 0.29) is 18.9 Å². The number of carbonyl (C=O) groups excluding carboxylic acids is 1.